The maximum absolute atomic E-state index is 4.54. The number of hydrogen-bond donors (Lipinski definition) is 1. The van der Waals surface area contributed by atoms with Crippen molar-refractivity contribution < 1.29 is 0 Å². The van der Waals surface area contributed by atoms with Crippen molar-refractivity contribution in [3.8, 4) is 0 Å². The van der Waals surface area contributed by atoms with Gasteiger partial charge >= 0.3 is 0 Å². The van der Waals surface area contributed by atoms with E-state index in [4.69, 9.17) is 0 Å². The summed E-state index contributed by atoms with van der Waals surface area (Å²) in [7, 11) is 0. The average Bonchev–Trinajstić information content (AvgIpc) is 2.81. The van der Waals surface area contributed by atoms with Crippen LogP contribution in [0.15, 0.2) is 59.3 Å². The monoisotopic (exact) mass is 301 g/mol. The van der Waals surface area contributed by atoms with Crippen molar-refractivity contribution in [2.45, 2.75) is 6.54 Å². The third-order valence-electron chi connectivity index (χ3n) is 2.73. The number of fused-ring (bicyclic) bond motifs is 1. The van der Waals surface area contributed by atoms with Crippen molar-refractivity contribution in [3.05, 3.63) is 65.0 Å². The molecule has 1 aromatic carbocycles. The molecule has 2 heterocycles. The zero-order valence-corrected chi connectivity index (χ0v) is 11.3. The number of rotatable bonds is 3. The van der Waals surface area contributed by atoms with Crippen molar-refractivity contribution in [1.82, 2.24) is 9.38 Å². The molecule has 90 valence electrons. The Morgan fingerprint density at radius 1 is 1.11 bits per heavy atom. The first-order valence-corrected chi connectivity index (χ1v) is 6.53. The Bertz CT molecular complexity index is 625. The minimum absolute atomic E-state index is 0.726. The Morgan fingerprint density at radius 2 is 1.94 bits per heavy atom. The number of anilines is 1. The lowest BCUT2D eigenvalue weighted by atomic mass is 10.3. The van der Waals surface area contributed by atoms with Gasteiger partial charge < -0.3 is 9.72 Å². The third kappa shape index (κ3) is 2.38. The van der Waals surface area contributed by atoms with E-state index in [9.17, 15) is 0 Å². The number of benzene rings is 1. The molecule has 0 spiro atoms. The predicted octanol–water partition coefficient (Wildman–Crippen LogP) is 3.71. The van der Waals surface area contributed by atoms with Crippen LogP contribution in [-0.2, 0) is 6.54 Å². The molecule has 0 aliphatic rings. The number of aromatic nitrogens is 2. The van der Waals surface area contributed by atoms with Gasteiger partial charge in [-0.05, 0) is 36.4 Å². The van der Waals surface area contributed by atoms with Gasteiger partial charge in [-0.1, -0.05) is 22.0 Å². The molecule has 0 aliphatic heterocycles. The average molecular weight is 302 g/mol. The van der Waals surface area contributed by atoms with E-state index in [0.29, 0.717) is 0 Å². The minimum Gasteiger partial charge on any atom is -0.379 e. The number of hydrogen-bond acceptors (Lipinski definition) is 2. The Kier molecular flexibility index (Phi) is 3.02. The molecule has 0 radical (unpaired) electrons. The Hall–Kier alpha value is -1.81. The standard InChI is InChI=1S/C14H12BrN3/c15-11-4-6-12(7-5-11)16-9-13-10-18-8-2-1-3-14(18)17-13/h1-8,10,16H,9H2. The molecule has 3 nitrogen and oxygen atoms in total. The highest BCUT2D eigenvalue weighted by Crippen LogP contribution is 2.15. The van der Waals surface area contributed by atoms with E-state index >= 15 is 0 Å². The van der Waals surface area contributed by atoms with Crippen LogP contribution in [0.2, 0.25) is 0 Å². The summed E-state index contributed by atoms with van der Waals surface area (Å²) in [6.45, 7) is 0.726. The van der Waals surface area contributed by atoms with Crippen LogP contribution in [-0.4, -0.2) is 9.38 Å². The van der Waals surface area contributed by atoms with Gasteiger partial charge in [0, 0.05) is 22.6 Å². The van der Waals surface area contributed by atoms with Crippen LogP contribution in [0.25, 0.3) is 5.65 Å². The molecule has 0 saturated heterocycles. The van der Waals surface area contributed by atoms with Crippen molar-refractivity contribution in [2.75, 3.05) is 5.32 Å². The fourth-order valence-corrected chi connectivity index (χ4v) is 2.10. The molecule has 0 amide bonds. The summed E-state index contributed by atoms with van der Waals surface area (Å²) in [5, 5.41) is 3.35. The zero-order valence-electron chi connectivity index (χ0n) is 9.68. The molecule has 3 aromatic rings. The summed E-state index contributed by atoms with van der Waals surface area (Å²) in [5.74, 6) is 0. The maximum Gasteiger partial charge on any atom is 0.137 e. The second kappa shape index (κ2) is 4.82. The fourth-order valence-electron chi connectivity index (χ4n) is 1.83. The highest BCUT2D eigenvalue weighted by Gasteiger charge is 2.00. The highest BCUT2D eigenvalue weighted by molar-refractivity contribution is 9.10. The molecule has 0 bridgehead atoms. The van der Waals surface area contributed by atoms with E-state index in [-0.39, 0.29) is 0 Å². The van der Waals surface area contributed by atoms with Gasteiger partial charge in [0.1, 0.15) is 5.65 Å². The first-order valence-electron chi connectivity index (χ1n) is 5.73. The largest absolute Gasteiger partial charge is 0.379 e. The minimum atomic E-state index is 0.726. The van der Waals surface area contributed by atoms with Crippen molar-refractivity contribution in [1.29, 1.82) is 0 Å². The summed E-state index contributed by atoms with van der Waals surface area (Å²) in [6.07, 6.45) is 4.05. The van der Waals surface area contributed by atoms with E-state index in [2.05, 4.69) is 26.2 Å². The van der Waals surface area contributed by atoms with E-state index in [1.165, 1.54) is 0 Å². The van der Waals surface area contributed by atoms with Gasteiger partial charge in [0.15, 0.2) is 0 Å². The van der Waals surface area contributed by atoms with Crippen LogP contribution >= 0.6 is 15.9 Å². The Balaban J connectivity index is 1.74. The molecule has 0 unspecified atom stereocenters. The predicted molar refractivity (Wildman–Crippen MR) is 76.7 cm³/mol. The number of nitrogens with one attached hydrogen (secondary N) is 1. The second-order valence-electron chi connectivity index (χ2n) is 4.06. The van der Waals surface area contributed by atoms with Gasteiger partial charge in [0.25, 0.3) is 0 Å². The quantitative estimate of drug-likeness (QED) is 0.799. The highest BCUT2D eigenvalue weighted by atomic mass is 79.9. The van der Waals surface area contributed by atoms with Gasteiger partial charge in [-0.25, -0.2) is 4.98 Å². The molecule has 0 atom stereocenters. The first-order chi connectivity index (χ1) is 8.81. The fraction of sp³-hybridized carbons (Fsp3) is 0.0714. The molecular weight excluding hydrogens is 290 g/mol. The third-order valence-corrected chi connectivity index (χ3v) is 3.26. The van der Waals surface area contributed by atoms with E-state index < -0.39 is 0 Å². The lowest BCUT2D eigenvalue weighted by molar-refractivity contribution is 1.08. The number of nitrogens with zero attached hydrogens (tertiary/aromatic N) is 2. The molecule has 0 fully saturated rings. The SMILES string of the molecule is Brc1ccc(NCc2cn3ccccc3n2)cc1. The molecule has 0 aliphatic carbocycles. The maximum atomic E-state index is 4.54. The van der Waals surface area contributed by atoms with Crippen LogP contribution in [0.5, 0.6) is 0 Å². The summed E-state index contributed by atoms with van der Waals surface area (Å²) in [4.78, 5) is 4.54. The molecule has 0 saturated carbocycles. The van der Waals surface area contributed by atoms with Gasteiger partial charge in [-0.3, -0.25) is 0 Å². The first kappa shape index (κ1) is 11.3. The second-order valence-corrected chi connectivity index (χ2v) is 4.97. The van der Waals surface area contributed by atoms with Gasteiger partial charge in [0.2, 0.25) is 0 Å². The molecule has 4 heteroatoms. The summed E-state index contributed by atoms with van der Waals surface area (Å²) < 4.78 is 3.11. The molecule has 2 aromatic heterocycles. The van der Waals surface area contributed by atoms with Crippen LogP contribution in [0.4, 0.5) is 5.69 Å². The Morgan fingerprint density at radius 3 is 2.72 bits per heavy atom. The number of imidazole rings is 1. The van der Waals surface area contributed by atoms with Crippen LogP contribution in [0.3, 0.4) is 0 Å². The summed E-state index contributed by atoms with van der Waals surface area (Å²) in [5.41, 5.74) is 3.10. The lowest BCUT2D eigenvalue weighted by Gasteiger charge is -2.03. The van der Waals surface area contributed by atoms with Crippen LogP contribution in [0.1, 0.15) is 5.69 Å². The van der Waals surface area contributed by atoms with Crippen molar-refractivity contribution >= 4 is 27.3 Å². The van der Waals surface area contributed by atoms with E-state index in [0.717, 1.165) is 28.0 Å². The van der Waals surface area contributed by atoms with Gasteiger partial charge in [0.05, 0.1) is 12.2 Å². The normalized spacial score (nSPS) is 10.7. The Labute approximate surface area is 114 Å². The zero-order chi connectivity index (χ0) is 12.4. The topological polar surface area (TPSA) is 29.3 Å². The lowest BCUT2D eigenvalue weighted by Crippen LogP contribution is -1.99. The molecule has 18 heavy (non-hydrogen) atoms. The van der Waals surface area contributed by atoms with Crippen LogP contribution in [0, 0.1) is 0 Å². The number of halogens is 1. The summed E-state index contributed by atoms with van der Waals surface area (Å²) >= 11 is 3.42. The van der Waals surface area contributed by atoms with E-state index in [1.54, 1.807) is 0 Å². The van der Waals surface area contributed by atoms with E-state index in [1.807, 2.05) is 59.3 Å². The molecule has 3 rings (SSSR count). The molecular formula is C14H12BrN3. The van der Waals surface area contributed by atoms with Crippen LogP contribution < -0.4 is 5.32 Å². The smallest absolute Gasteiger partial charge is 0.137 e. The van der Waals surface area contributed by atoms with Crippen molar-refractivity contribution in [2.24, 2.45) is 0 Å². The van der Waals surface area contributed by atoms with Crippen molar-refractivity contribution in [3.63, 3.8) is 0 Å². The number of pyridine rings is 1. The molecule has 1 N–H and O–H groups in total. The summed E-state index contributed by atoms with van der Waals surface area (Å²) in [6, 6.07) is 14.1. The van der Waals surface area contributed by atoms with Gasteiger partial charge in [-0.15, -0.1) is 0 Å². The van der Waals surface area contributed by atoms with Gasteiger partial charge in [-0.2, -0.15) is 0 Å².